The van der Waals surface area contributed by atoms with E-state index in [1.807, 2.05) is 24.3 Å². The fraction of sp³-hybridized carbons (Fsp3) is 0.316. The normalized spacial score (nSPS) is 16.9. The molecule has 6 heteroatoms. The van der Waals surface area contributed by atoms with Gasteiger partial charge in [-0.25, -0.2) is 4.39 Å². The van der Waals surface area contributed by atoms with Gasteiger partial charge in [-0.1, -0.05) is 17.7 Å². The number of anilines is 2. The summed E-state index contributed by atoms with van der Waals surface area (Å²) in [6.07, 6.45) is 1.18. The fourth-order valence-electron chi connectivity index (χ4n) is 2.98. The van der Waals surface area contributed by atoms with Gasteiger partial charge in [-0.2, -0.15) is 0 Å². The molecule has 1 N–H and O–H groups in total. The van der Waals surface area contributed by atoms with Crippen molar-refractivity contribution in [2.45, 2.75) is 18.9 Å². The summed E-state index contributed by atoms with van der Waals surface area (Å²) in [6, 6.07) is 12.0. The number of methoxy groups -OCH3 is 1. The molecule has 0 spiro atoms. The first-order valence-electron chi connectivity index (χ1n) is 8.17. The Balaban J connectivity index is 1.61. The van der Waals surface area contributed by atoms with Gasteiger partial charge in [0.05, 0.1) is 12.5 Å². The molecule has 132 valence electrons. The van der Waals surface area contributed by atoms with E-state index >= 15 is 0 Å². The van der Waals surface area contributed by atoms with Crippen LogP contribution >= 0.6 is 11.6 Å². The van der Waals surface area contributed by atoms with Gasteiger partial charge in [0, 0.05) is 42.2 Å². The lowest BCUT2D eigenvalue weighted by atomic mass is 10.1. The number of ether oxygens (including phenoxy) is 1. The summed E-state index contributed by atoms with van der Waals surface area (Å²) in [5.41, 5.74) is 1.97. The average Bonchev–Trinajstić information content (AvgIpc) is 3.08. The quantitative estimate of drug-likeness (QED) is 0.877. The Bertz CT molecular complexity index is 731. The summed E-state index contributed by atoms with van der Waals surface area (Å²) < 4.78 is 19.1. The van der Waals surface area contributed by atoms with Crippen molar-refractivity contribution in [2.75, 3.05) is 30.4 Å². The van der Waals surface area contributed by atoms with Crippen molar-refractivity contribution in [3.63, 3.8) is 0 Å². The molecule has 1 atom stereocenters. The lowest BCUT2D eigenvalue weighted by Gasteiger charge is -2.18. The predicted octanol–water partition coefficient (Wildman–Crippen LogP) is 3.89. The number of amides is 1. The average molecular weight is 363 g/mol. The highest BCUT2D eigenvalue weighted by molar-refractivity contribution is 6.31. The molecule has 1 fully saturated rings. The summed E-state index contributed by atoms with van der Waals surface area (Å²) >= 11 is 5.96. The molecule has 1 aliphatic rings. The van der Waals surface area contributed by atoms with E-state index in [0.29, 0.717) is 5.69 Å². The van der Waals surface area contributed by atoms with Gasteiger partial charge in [0.15, 0.2) is 0 Å². The molecular formula is C19H20ClFN2O2. The molecule has 1 heterocycles. The molecule has 2 aromatic carbocycles. The molecule has 1 saturated heterocycles. The first kappa shape index (κ1) is 17.7. The summed E-state index contributed by atoms with van der Waals surface area (Å²) in [4.78, 5) is 14.4. The lowest BCUT2D eigenvalue weighted by Crippen LogP contribution is -2.22. The standard InChI is InChI=1S/C19H20ClFN2O2/c1-25-15-9-10-23(12-15)14-7-5-13(6-8-14)22-19(24)11-16-17(20)3-2-4-18(16)21/h2-8,15H,9-12H2,1H3,(H,22,24). The zero-order valence-electron chi connectivity index (χ0n) is 14.0. The molecular weight excluding hydrogens is 343 g/mol. The Labute approximate surface area is 151 Å². The second kappa shape index (κ2) is 7.85. The summed E-state index contributed by atoms with van der Waals surface area (Å²) in [7, 11) is 1.73. The number of rotatable bonds is 5. The zero-order valence-corrected chi connectivity index (χ0v) is 14.7. The van der Waals surface area contributed by atoms with Crippen LogP contribution in [0.3, 0.4) is 0 Å². The van der Waals surface area contributed by atoms with Gasteiger partial charge < -0.3 is 15.0 Å². The second-order valence-electron chi connectivity index (χ2n) is 6.06. The highest BCUT2D eigenvalue weighted by atomic mass is 35.5. The van der Waals surface area contributed by atoms with Crippen molar-refractivity contribution in [1.29, 1.82) is 0 Å². The van der Waals surface area contributed by atoms with Crippen LogP contribution in [-0.4, -0.2) is 32.2 Å². The van der Waals surface area contributed by atoms with E-state index in [2.05, 4.69) is 10.2 Å². The Morgan fingerprint density at radius 3 is 2.72 bits per heavy atom. The van der Waals surface area contributed by atoms with E-state index in [9.17, 15) is 9.18 Å². The first-order valence-corrected chi connectivity index (χ1v) is 8.55. The van der Waals surface area contributed by atoms with E-state index in [1.165, 1.54) is 12.1 Å². The van der Waals surface area contributed by atoms with Gasteiger partial charge >= 0.3 is 0 Å². The molecule has 1 unspecified atom stereocenters. The Hall–Kier alpha value is -2.11. The minimum absolute atomic E-state index is 0.102. The highest BCUT2D eigenvalue weighted by Crippen LogP contribution is 2.24. The third-order valence-electron chi connectivity index (χ3n) is 4.39. The number of hydrogen-bond acceptors (Lipinski definition) is 3. The van der Waals surface area contributed by atoms with Crippen LogP contribution in [0.25, 0.3) is 0 Å². The van der Waals surface area contributed by atoms with E-state index < -0.39 is 5.82 Å². The number of carbonyl (C=O) groups is 1. The number of hydrogen-bond donors (Lipinski definition) is 1. The van der Waals surface area contributed by atoms with E-state index in [4.69, 9.17) is 16.3 Å². The summed E-state index contributed by atoms with van der Waals surface area (Å²) in [5.74, 6) is -0.778. The van der Waals surface area contributed by atoms with Crippen molar-refractivity contribution in [2.24, 2.45) is 0 Å². The first-order chi connectivity index (χ1) is 12.1. The topological polar surface area (TPSA) is 41.6 Å². The van der Waals surface area contributed by atoms with Gasteiger partial charge in [0.1, 0.15) is 5.82 Å². The van der Waals surface area contributed by atoms with E-state index in [0.717, 1.165) is 25.2 Å². The van der Waals surface area contributed by atoms with Gasteiger partial charge in [-0.3, -0.25) is 4.79 Å². The summed E-state index contributed by atoms with van der Waals surface area (Å²) in [6.45, 7) is 1.82. The Morgan fingerprint density at radius 2 is 2.08 bits per heavy atom. The number of nitrogens with one attached hydrogen (secondary N) is 1. The summed E-state index contributed by atoms with van der Waals surface area (Å²) in [5, 5.41) is 3.03. The molecule has 25 heavy (non-hydrogen) atoms. The lowest BCUT2D eigenvalue weighted by molar-refractivity contribution is -0.115. The molecule has 0 bridgehead atoms. The molecule has 3 rings (SSSR count). The molecule has 1 amide bonds. The minimum Gasteiger partial charge on any atom is -0.380 e. The van der Waals surface area contributed by atoms with E-state index in [-0.39, 0.29) is 29.0 Å². The van der Waals surface area contributed by atoms with Crippen LogP contribution in [0.1, 0.15) is 12.0 Å². The minimum atomic E-state index is -0.472. The molecule has 1 aliphatic heterocycles. The maximum Gasteiger partial charge on any atom is 0.228 e. The molecule has 0 aliphatic carbocycles. The maximum atomic E-state index is 13.8. The highest BCUT2D eigenvalue weighted by Gasteiger charge is 2.22. The van der Waals surface area contributed by atoms with Crippen molar-refractivity contribution in [3.8, 4) is 0 Å². The Morgan fingerprint density at radius 1 is 1.32 bits per heavy atom. The van der Waals surface area contributed by atoms with Crippen molar-refractivity contribution < 1.29 is 13.9 Å². The smallest absolute Gasteiger partial charge is 0.228 e. The zero-order chi connectivity index (χ0) is 17.8. The number of benzene rings is 2. The van der Waals surface area contributed by atoms with Gasteiger partial charge in [-0.05, 0) is 42.8 Å². The van der Waals surface area contributed by atoms with Crippen LogP contribution in [-0.2, 0) is 16.0 Å². The van der Waals surface area contributed by atoms with Crippen LogP contribution in [0.2, 0.25) is 5.02 Å². The number of nitrogens with zero attached hydrogens (tertiary/aromatic N) is 1. The van der Waals surface area contributed by atoms with Crippen LogP contribution in [0, 0.1) is 5.82 Å². The SMILES string of the molecule is COC1CCN(c2ccc(NC(=O)Cc3c(F)cccc3Cl)cc2)C1. The fourth-order valence-corrected chi connectivity index (χ4v) is 3.21. The predicted molar refractivity (Wildman–Crippen MR) is 97.8 cm³/mol. The maximum absolute atomic E-state index is 13.8. The van der Waals surface area contributed by atoms with Crippen LogP contribution in [0.15, 0.2) is 42.5 Å². The van der Waals surface area contributed by atoms with Crippen LogP contribution in [0.4, 0.5) is 15.8 Å². The van der Waals surface area contributed by atoms with Crippen molar-refractivity contribution in [1.82, 2.24) is 0 Å². The number of halogens is 2. The largest absolute Gasteiger partial charge is 0.380 e. The van der Waals surface area contributed by atoms with Crippen molar-refractivity contribution in [3.05, 3.63) is 58.9 Å². The molecule has 4 nitrogen and oxygen atoms in total. The second-order valence-corrected chi connectivity index (χ2v) is 6.47. The van der Waals surface area contributed by atoms with Crippen LogP contribution < -0.4 is 10.2 Å². The van der Waals surface area contributed by atoms with Crippen LogP contribution in [0.5, 0.6) is 0 Å². The molecule has 0 aromatic heterocycles. The molecule has 2 aromatic rings. The number of carbonyl (C=O) groups excluding carboxylic acids is 1. The van der Waals surface area contributed by atoms with Gasteiger partial charge in [0.25, 0.3) is 0 Å². The monoisotopic (exact) mass is 362 g/mol. The van der Waals surface area contributed by atoms with Gasteiger partial charge in [-0.15, -0.1) is 0 Å². The van der Waals surface area contributed by atoms with E-state index in [1.54, 1.807) is 13.2 Å². The molecule has 0 radical (unpaired) electrons. The third kappa shape index (κ3) is 4.30. The van der Waals surface area contributed by atoms with Gasteiger partial charge in [0.2, 0.25) is 5.91 Å². The third-order valence-corrected chi connectivity index (χ3v) is 4.75. The Kier molecular flexibility index (Phi) is 5.56. The van der Waals surface area contributed by atoms with Crippen molar-refractivity contribution >= 4 is 28.9 Å². The molecule has 0 saturated carbocycles.